The SMILES string of the molecule is CCC(=O)O[C@H](C)CNC(=O)C(O)[C@H](N)CC1CCCCC1. The van der Waals surface area contributed by atoms with Crippen molar-refractivity contribution in [1.82, 2.24) is 5.32 Å². The fraction of sp³-hybridized carbons (Fsp3) is 0.875. The number of aliphatic hydroxyl groups excluding tert-OH is 1. The molecule has 0 spiro atoms. The van der Waals surface area contributed by atoms with E-state index in [1.807, 2.05) is 0 Å². The molecule has 6 heteroatoms. The fourth-order valence-corrected chi connectivity index (χ4v) is 2.83. The van der Waals surface area contributed by atoms with Gasteiger partial charge in [-0.2, -0.15) is 0 Å². The summed E-state index contributed by atoms with van der Waals surface area (Å²) in [6.07, 6.45) is 5.29. The van der Waals surface area contributed by atoms with Gasteiger partial charge < -0.3 is 20.9 Å². The third kappa shape index (κ3) is 6.75. The molecule has 0 bridgehead atoms. The molecule has 0 aliphatic heterocycles. The van der Waals surface area contributed by atoms with Crippen LogP contribution in [0.4, 0.5) is 0 Å². The van der Waals surface area contributed by atoms with Crippen LogP contribution in [-0.4, -0.2) is 41.8 Å². The summed E-state index contributed by atoms with van der Waals surface area (Å²) in [4.78, 5) is 23.0. The first-order valence-electron chi connectivity index (χ1n) is 8.34. The molecule has 1 aliphatic carbocycles. The van der Waals surface area contributed by atoms with Crippen LogP contribution in [0.25, 0.3) is 0 Å². The fourth-order valence-electron chi connectivity index (χ4n) is 2.83. The molecule has 0 radical (unpaired) electrons. The van der Waals surface area contributed by atoms with Crippen LogP contribution in [0.15, 0.2) is 0 Å². The normalized spacial score (nSPS) is 20.0. The van der Waals surface area contributed by atoms with Crippen LogP contribution in [0.1, 0.15) is 58.8 Å². The van der Waals surface area contributed by atoms with Crippen molar-refractivity contribution in [2.24, 2.45) is 11.7 Å². The first kappa shape index (κ1) is 18.9. The average Bonchev–Trinajstić information content (AvgIpc) is 2.52. The maximum Gasteiger partial charge on any atom is 0.305 e. The van der Waals surface area contributed by atoms with Gasteiger partial charge in [0.05, 0.1) is 6.54 Å². The molecule has 1 aliphatic rings. The average molecular weight is 314 g/mol. The van der Waals surface area contributed by atoms with E-state index >= 15 is 0 Å². The number of esters is 1. The van der Waals surface area contributed by atoms with Crippen molar-refractivity contribution >= 4 is 11.9 Å². The van der Waals surface area contributed by atoms with Crippen LogP contribution >= 0.6 is 0 Å². The second kappa shape index (κ2) is 9.79. The third-order valence-corrected chi connectivity index (χ3v) is 4.19. The largest absolute Gasteiger partial charge is 0.461 e. The number of rotatable bonds is 8. The topological polar surface area (TPSA) is 102 Å². The monoisotopic (exact) mass is 314 g/mol. The summed E-state index contributed by atoms with van der Waals surface area (Å²) in [6, 6.07) is -0.545. The Labute approximate surface area is 132 Å². The molecule has 1 saturated carbocycles. The molecule has 6 nitrogen and oxygen atoms in total. The predicted octanol–water partition coefficient (Wildman–Crippen LogP) is 1.10. The first-order valence-corrected chi connectivity index (χ1v) is 8.34. The van der Waals surface area contributed by atoms with Gasteiger partial charge in [0.15, 0.2) is 0 Å². The Morgan fingerprint density at radius 3 is 2.55 bits per heavy atom. The van der Waals surface area contributed by atoms with E-state index in [0.717, 1.165) is 12.8 Å². The molecule has 22 heavy (non-hydrogen) atoms. The van der Waals surface area contributed by atoms with Crippen molar-refractivity contribution in [2.75, 3.05) is 6.54 Å². The smallest absolute Gasteiger partial charge is 0.305 e. The standard InChI is InChI=1S/C16H30N2O4/c1-3-14(19)22-11(2)10-18-16(21)15(20)13(17)9-12-7-5-4-6-8-12/h11-13,15,20H,3-10,17H2,1-2H3,(H,18,21)/t11-,13-,15?/m1/s1. The van der Waals surface area contributed by atoms with Gasteiger partial charge in [0, 0.05) is 12.5 Å². The number of hydrogen-bond donors (Lipinski definition) is 3. The maximum atomic E-state index is 11.9. The lowest BCUT2D eigenvalue weighted by Gasteiger charge is -2.26. The van der Waals surface area contributed by atoms with Gasteiger partial charge in [0.1, 0.15) is 12.2 Å². The quantitative estimate of drug-likeness (QED) is 0.582. The van der Waals surface area contributed by atoms with E-state index in [0.29, 0.717) is 18.8 Å². The number of aliphatic hydroxyl groups is 1. The Morgan fingerprint density at radius 1 is 1.32 bits per heavy atom. The lowest BCUT2D eigenvalue weighted by Crippen LogP contribution is -2.48. The molecule has 128 valence electrons. The van der Waals surface area contributed by atoms with Gasteiger partial charge in [-0.05, 0) is 19.3 Å². The Balaban J connectivity index is 2.29. The zero-order valence-corrected chi connectivity index (χ0v) is 13.7. The summed E-state index contributed by atoms with van der Waals surface area (Å²) < 4.78 is 5.05. The van der Waals surface area contributed by atoms with E-state index < -0.39 is 24.2 Å². The predicted molar refractivity (Wildman–Crippen MR) is 84.0 cm³/mol. The summed E-state index contributed by atoms with van der Waals surface area (Å²) in [5.74, 6) is -0.297. The number of hydrogen-bond acceptors (Lipinski definition) is 5. The summed E-state index contributed by atoms with van der Waals surface area (Å²) in [7, 11) is 0. The summed E-state index contributed by atoms with van der Waals surface area (Å²) in [6.45, 7) is 3.58. The number of nitrogens with one attached hydrogen (secondary N) is 1. The molecule has 0 heterocycles. The minimum absolute atomic E-state index is 0.178. The number of nitrogens with two attached hydrogens (primary N) is 1. The number of ether oxygens (including phenoxy) is 1. The molecule has 0 aromatic carbocycles. The van der Waals surface area contributed by atoms with Gasteiger partial charge in [-0.15, -0.1) is 0 Å². The molecule has 0 saturated heterocycles. The second-order valence-corrected chi connectivity index (χ2v) is 6.25. The Morgan fingerprint density at radius 2 is 1.95 bits per heavy atom. The molecule has 4 N–H and O–H groups in total. The van der Waals surface area contributed by atoms with E-state index in [1.165, 1.54) is 19.3 Å². The molecular formula is C16H30N2O4. The van der Waals surface area contributed by atoms with Crippen LogP contribution in [-0.2, 0) is 14.3 Å². The van der Waals surface area contributed by atoms with Gasteiger partial charge >= 0.3 is 5.97 Å². The van der Waals surface area contributed by atoms with Crippen LogP contribution in [0.2, 0.25) is 0 Å². The van der Waals surface area contributed by atoms with Crippen LogP contribution < -0.4 is 11.1 Å². The lowest BCUT2D eigenvalue weighted by molar-refractivity contribution is -0.148. The van der Waals surface area contributed by atoms with Crippen LogP contribution in [0.3, 0.4) is 0 Å². The number of carbonyl (C=O) groups is 2. The second-order valence-electron chi connectivity index (χ2n) is 6.25. The highest BCUT2D eigenvalue weighted by atomic mass is 16.5. The molecular weight excluding hydrogens is 284 g/mol. The van der Waals surface area contributed by atoms with Gasteiger partial charge in [0.25, 0.3) is 5.91 Å². The highest BCUT2D eigenvalue weighted by Gasteiger charge is 2.26. The Bertz CT molecular complexity index is 356. The van der Waals surface area contributed by atoms with Crippen molar-refractivity contribution in [1.29, 1.82) is 0 Å². The minimum atomic E-state index is -1.21. The summed E-state index contributed by atoms with van der Waals surface area (Å²) in [5, 5.41) is 12.6. The van der Waals surface area contributed by atoms with Crippen LogP contribution in [0.5, 0.6) is 0 Å². The third-order valence-electron chi connectivity index (χ3n) is 4.19. The van der Waals surface area contributed by atoms with Crippen molar-refractivity contribution in [2.45, 2.75) is 77.0 Å². The molecule has 1 amide bonds. The van der Waals surface area contributed by atoms with Crippen LogP contribution in [0, 0.1) is 5.92 Å². The summed E-state index contributed by atoms with van der Waals surface area (Å²) in [5.41, 5.74) is 5.96. The summed E-state index contributed by atoms with van der Waals surface area (Å²) >= 11 is 0. The number of carbonyl (C=O) groups excluding carboxylic acids is 2. The minimum Gasteiger partial charge on any atom is -0.461 e. The van der Waals surface area contributed by atoms with E-state index in [9.17, 15) is 14.7 Å². The Kier molecular flexibility index (Phi) is 8.42. The maximum absolute atomic E-state index is 11.9. The van der Waals surface area contributed by atoms with E-state index in [1.54, 1.807) is 13.8 Å². The lowest BCUT2D eigenvalue weighted by atomic mass is 9.84. The highest BCUT2D eigenvalue weighted by Crippen LogP contribution is 2.27. The van der Waals surface area contributed by atoms with Gasteiger partial charge in [-0.1, -0.05) is 39.0 Å². The van der Waals surface area contributed by atoms with Crippen molar-refractivity contribution < 1.29 is 19.4 Å². The van der Waals surface area contributed by atoms with Crippen molar-refractivity contribution in [3.05, 3.63) is 0 Å². The molecule has 1 rings (SSSR count). The van der Waals surface area contributed by atoms with Gasteiger partial charge in [0.2, 0.25) is 0 Å². The molecule has 3 atom stereocenters. The first-order chi connectivity index (χ1) is 10.4. The van der Waals surface area contributed by atoms with E-state index in [4.69, 9.17) is 10.5 Å². The molecule has 1 fully saturated rings. The van der Waals surface area contributed by atoms with Crippen molar-refractivity contribution in [3.63, 3.8) is 0 Å². The van der Waals surface area contributed by atoms with Gasteiger partial charge in [-0.25, -0.2) is 0 Å². The zero-order valence-electron chi connectivity index (χ0n) is 13.7. The van der Waals surface area contributed by atoms with Crippen molar-refractivity contribution in [3.8, 4) is 0 Å². The zero-order chi connectivity index (χ0) is 16.5. The number of amides is 1. The molecule has 0 aromatic heterocycles. The van der Waals surface area contributed by atoms with E-state index in [2.05, 4.69) is 5.32 Å². The van der Waals surface area contributed by atoms with E-state index in [-0.39, 0.29) is 12.5 Å². The Hall–Kier alpha value is -1.14. The molecule has 0 aromatic rings. The van der Waals surface area contributed by atoms with Gasteiger partial charge in [-0.3, -0.25) is 9.59 Å². The molecule has 1 unspecified atom stereocenters. The highest BCUT2D eigenvalue weighted by molar-refractivity contribution is 5.81.